The van der Waals surface area contributed by atoms with Crippen molar-refractivity contribution in [1.82, 2.24) is 10.3 Å². The van der Waals surface area contributed by atoms with E-state index in [1.807, 2.05) is 18.4 Å². The van der Waals surface area contributed by atoms with E-state index in [1.165, 1.54) is 41.6 Å². The van der Waals surface area contributed by atoms with Crippen molar-refractivity contribution < 1.29 is 0 Å². The van der Waals surface area contributed by atoms with Crippen molar-refractivity contribution in [1.29, 1.82) is 0 Å². The Morgan fingerprint density at radius 2 is 1.95 bits per heavy atom. The van der Waals surface area contributed by atoms with Gasteiger partial charge in [0.15, 0.2) is 5.13 Å². The molecule has 1 atom stereocenters. The van der Waals surface area contributed by atoms with Gasteiger partial charge in [0.2, 0.25) is 0 Å². The summed E-state index contributed by atoms with van der Waals surface area (Å²) in [7, 11) is 2.02. The molecule has 0 spiro atoms. The predicted octanol–water partition coefficient (Wildman–Crippen LogP) is 4.25. The van der Waals surface area contributed by atoms with Crippen LogP contribution in [-0.2, 0) is 6.54 Å². The summed E-state index contributed by atoms with van der Waals surface area (Å²) in [6.07, 6.45) is 3.80. The number of rotatable bonds is 6. The predicted molar refractivity (Wildman–Crippen MR) is 93.4 cm³/mol. The average molecular weight is 310 g/mol. The minimum atomic E-state index is 0.562. The van der Waals surface area contributed by atoms with Gasteiger partial charge in [-0.3, -0.25) is 0 Å². The molecule has 0 aromatic carbocycles. The van der Waals surface area contributed by atoms with E-state index in [-0.39, 0.29) is 0 Å². The maximum Gasteiger partial charge on any atom is 0.185 e. The van der Waals surface area contributed by atoms with Gasteiger partial charge in [-0.1, -0.05) is 27.7 Å². The molecular formula is C17H31N3S. The molecule has 1 aliphatic rings. The lowest BCUT2D eigenvalue weighted by molar-refractivity contribution is 0.311. The van der Waals surface area contributed by atoms with Gasteiger partial charge in [0.1, 0.15) is 0 Å². The Morgan fingerprint density at radius 3 is 2.48 bits per heavy atom. The minimum absolute atomic E-state index is 0.562. The van der Waals surface area contributed by atoms with E-state index in [4.69, 9.17) is 4.98 Å². The van der Waals surface area contributed by atoms with Crippen LogP contribution in [-0.4, -0.2) is 25.1 Å². The van der Waals surface area contributed by atoms with Crippen molar-refractivity contribution in [2.24, 2.45) is 11.8 Å². The van der Waals surface area contributed by atoms with E-state index in [0.717, 1.165) is 24.8 Å². The number of hydrogen-bond acceptors (Lipinski definition) is 4. The molecule has 2 heterocycles. The third kappa shape index (κ3) is 3.98. The van der Waals surface area contributed by atoms with E-state index in [9.17, 15) is 0 Å². The van der Waals surface area contributed by atoms with E-state index in [0.29, 0.717) is 5.92 Å². The van der Waals surface area contributed by atoms with Crippen LogP contribution in [0.5, 0.6) is 0 Å². The molecule has 1 aliphatic heterocycles. The summed E-state index contributed by atoms with van der Waals surface area (Å²) in [5, 5.41) is 4.54. The van der Waals surface area contributed by atoms with Crippen LogP contribution in [0.2, 0.25) is 0 Å². The fourth-order valence-corrected chi connectivity index (χ4v) is 4.35. The Bertz CT molecular complexity index is 433. The molecule has 0 amide bonds. The third-order valence-corrected chi connectivity index (χ3v) is 6.02. The number of anilines is 1. The first-order valence-corrected chi connectivity index (χ1v) is 9.27. The first-order chi connectivity index (χ1) is 10.1. The van der Waals surface area contributed by atoms with Gasteiger partial charge in [-0.2, -0.15) is 0 Å². The van der Waals surface area contributed by atoms with Crippen LogP contribution >= 0.6 is 11.3 Å². The Hall–Kier alpha value is -0.610. The van der Waals surface area contributed by atoms with Gasteiger partial charge in [0, 0.05) is 24.5 Å². The van der Waals surface area contributed by atoms with Gasteiger partial charge in [-0.15, -0.1) is 11.3 Å². The topological polar surface area (TPSA) is 28.2 Å². The summed E-state index contributed by atoms with van der Waals surface area (Å²) in [5.74, 6) is 2.28. The van der Waals surface area contributed by atoms with Gasteiger partial charge < -0.3 is 10.2 Å². The monoisotopic (exact) mass is 309 g/mol. The molecule has 1 unspecified atom stereocenters. The fraction of sp³-hybridized carbons (Fsp3) is 0.824. The maximum atomic E-state index is 5.00. The molecule has 1 saturated heterocycles. The van der Waals surface area contributed by atoms with Crippen LogP contribution < -0.4 is 10.2 Å². The zero-order valence-electron chi connectivity index (χ0n) is 14.3. The lowest BCUT2D eigenvalue weighted by atomic mass is 9.87. The SMILES string of the molecule is CCC(C)c1nc(N2CCC(C(C)C)CC2)sc1CNC. The lowest BCUT2D eigenvalue weighted by Crippen LogP contribution is -2.35. The highest BCUT2D eigenvalue weighted by Gasteiger charge is 2.25. The molecule has 1 aromatic rings. The van der Waals surface area contributed by atoms with Crippen molar-refractivity contribution in [2.75, 3.05) is 25.0 Å². The molecule has 1 aromatic heterocycles. The van der Waals surface area contributed by atoms with E-state index in [2.05, 4.69) is 37.9 Å². The van der Waals surface area contributed by atoms with Crippen molar-refractivity contribution in [3.05, 3.63) is 10.6 Å². The molecule has 1 fully saturated rings. The van der Waals surface area contributed by atoms with E-state index >= 15 is 0 Å². The molecule has 120 valence electrons. The number of hydrogen-bond donors (Lipinski definition) is 1. The van der Waals surface area contributed by atoms with Gasteiger partial charge in [-0.05, 0) is 44.1 Å². The number of piperidine rings is 1. The molecule has 21 heavy (non-hydrogen) atoms. The van der Waals surface area contributed by atoms with Crippen molar-refractivity contribution in [3.63, 3.8) is 0 Å². The molecule has 0 radical (unpaired) electrons. The number of aromatic nitrogens is 1. The molecule has 4 heteroatoms. The Balaban J connectivity index is 2.10. The standard InChI is InChI=1S/C17H31N3S/c1-6-13(4)16-15(11-18-5)21-17(19-16)20-9-7-14(8-10-20)12(2)3/h12-14,18H,6-11H2,1-5H3. The fourth-order valence-electron chi connectivity index (χ4n) is 3.11. The molecule has 1 N–H and O–H groups in total. The van der Waals surface area contributed by atoms with E-state index < -0.39 is 0 Å². The molecule has 0 aliphatic carbocycles. The molecule has 0 bridgehead atoms. The lowest BCUT2D eigenvalue weighted by Gasteiger charge is -2.33. The second kappa shape index (κ2) is 7.59. The zero-order valence-corrected chi connectivity index (χ0v) is 15.1. The molecule has 3 nitrogen and oxygen atoms in total. The van der Waals surface area contributed by atoms with Gasteiger partial charge in [-0.25, -0.2) is 4.98 Å². The van der Waals surface area contributed by atoms with E-state index in [1.54, 1.807) is 0 Å². The van der Waals surface area contributed by atoms with Crippen LogP contribution in [0.3, 0.4) is 0 Å². The summed E-state index contributed by atoms with van der Waals surface area (Å²) < 4.78 is 0. The summed E-state index contributed by atoms with van der Waals surface area (Å²) in [6, 6.07) is 0. The summed E-state index contributed by atoms with van der Waals surface area (Å²) in [6.45, 7) is 12.6. The number of nitrogens with one attached hydrogen (secondary N) is 1. The largest absolute Gasteiger partial charge is 0.348 e. The zero-order chi connectivity index (χ0) is 15.4. The number of thiazole rings is 1. The highest BCUT2D eigenvalue weighted by Crippen LogP contribution is 2.35. The second-order valence-corrected chi connectivity index (χ2v) is 7.78. The third-order valence-electron chi connectivity index (χ3n) is 4.89. The average Bonchev–Trinajstić information content (AvgIpc) is 2.91. The first kappa shape index (κ1) is 16.8. The maximum absolute atomic E-state index is 5.00. The molecule has 2 rings (SSSR count). The highest BCUT2D eigenvalue weighted by atomic mass is 32.1. The number of nitrogens with zero attached hydrogens (tertiary/aromatic N) is 2. The quantitative estimate of drug-likeness (QED) is 0.851. The van der Waals surface area contributed by atoms with Crippen LogP contribution in [0.25, 0.3) is 0 Å². The molecular weight excluding hydrogens is 278 g/mol. The van der Waals surface area contributed by atoms with Crippen LogP contribution in [0.1, 0.15) is 63.4 Å². The highest BCUT2D eigenvalue weighted by molar-refractivity contribution is 7.15. The summed E-state index contributed by atoms with van der Waals surface area (Å²) in [5.41, 5.74) is 1.32. The van der Waals surface area contributed by atoms with Crippen molar-refractivity contribution in [2.45, 2.75) is 59.4 Å². The van der Waals surface area contributed by atoms with Crippen molar-refractivity contribution in [3.8, 4) is 0 Å². The van der Waals surface area contributed by atoms with Gasteiger partial charge in [0.05, 0.1) is 5.69 Å². The summed E-state index contributed by atoms with van der Waals surface area (Å²) >= 11 is 1.90. The smallest absolute Gasteiger partial charge is 0.185 e. The Morgan fingerprint density at radius 1 is 1.29 bits per heavy atom. The van der Waals surface area contributed by atoms with Gasteiger partial charge >= 0.3 is 0 Å². The second-order valence-electron chi connectivity index (χ2n) is 6.71. The summed E-state index contributed by atoms with van der Waals surface area (Å²) in [4.78, 5) is 8.93. The Kier molecular flexibility index (Phi) is 6.06. The first-order valence-electron chi connectivity index (χ1n) is 8.45. The Labute approximate surface area is 134 Å². The molecule has 0 saturated carbocycles. The van der Waals surface area contributed by atoms with Crippen molar-refractivity contribution >= 4 is 16.5 Å². The minimum Gasteiger partial charge on any atom is -0.348 e. The normalized spacial score (nSPS) is 18.5. The van der Waals surface area contributed by atoms with Crippen LogP contribution in [0.4, 0.5) is 5.13 Å². The van der Waals surface area contributed by atoms with Crippen LogP contribution in [0, 0.1) is 11.8 Å². The van der Waals surface area contributed by atoms with Crippen LogP contribution in [0.15, 0.2) is 0 Å². The van der Waals surface area contributed by atoms with Gasteiger partial charge in [0.25, 0.3) is 0 Å².